The van der Waals surface area contributed by atoms with Crippen molar-refractivity contribution in [3.8, 4) is 5.88 Å². The van der Waals surface area contributed by atoms with Crippen molar-refractivity contribution in [2.24, 2.45) is 10.7 Å². The zero-order valence-electron chi connectivity index (χ0n) is 13.8. The lowest BCUT2D eigenvalue weighted by Gasteiger charge is -2.19. The Kier molecular flexibility index (Phi) is 6.41. The smallest absolute Gasteiger partial charge is 0.218 e. The molecule has 5 heteroatoms. The van der Waals surface area contributed by atoms with E-state index in [2.05, 4.69) is 23.8 Å². The minimum absolute atomic E-state index is 0.459. The van der Waals surface area contributed by atoms with Crippen molar-refractivity contribution in [2.75, 3.05) is 13.1 Å². The second-order valence-electron chi connectivity index (χ2n) is 5.09. The number of aromatic nitrogens is 1. The molecule has 0 unspecified atom stereocenters. The van der Waals surface area contributed by atoms with Crippen molar-refractivity contribution in [1.29, 1.82) is 0 Å². The first kappa shape index (κ1) is 16.8. The number of rotatable bonds is 7. The molecule has 2 N–H and O–H groups in total. The van der Waals surface area contributed by atoms with Gasteiger partial charge in [-0.3, -0.25) is 0 Å². The van der Waals surface area contributed by atoms with Crippen LogP contribution < -0.4 is 10.5 Å². The Morgan fingerprint density at radius 3 is 2.57 bits per heavy atom. The predicted molar refractivity (Wildman–Crippen MR) is 93.3 cm³/mol. The van der Waals surface area contributed by atoms with Gasteiger partial charge in [0.2, 0.25) is 5.88 Å². The van der Waals surface area contributed by atoms with Gasteiger partial charge in [-0.05, 0) is 25.5 Å². The second kappa shape index (κ2) is 8.78. The van der Waals surface area contributed by atoms with E-state index in [1.165, 1.54) is 0 Å². The van der Waals surface area contributed by atoms with Crippen molar-refractivity contribution in [2.45, 2.75) is 27.0 Å². The average Bonchev–Trinajstić information content (AvgIpc) is 2.61. The van der Waals surface area contributed by atoms with Crippen LogP contribution in [0.25, 0.3) is 0 Å². The fourth-order valence-corrected chi connectivity index (χ4v) is 2.21. The summed E-state index contributed by atoms with van der Waals surface area (Å²) in [6.45, 7) is 6.75. The van der Waals surface area contributed by atoms with Crippen molar-refractivity contribution >= 4 is 5.96 Å². The first-order valence-electron chi connectivity index (χ1n) is 7.90. The highest BCUT2D eigenvalue weighted by molar-refractivity contribution is 5.78. The fraction of sp³-hybridized carbons (Fsp3) is 0.333. The molecule has 0 saturated carbocycles. The first-order valence-corrected chi connectivity index (χ1v) is 7.90. The standard InChI is InChI=1S/C18H24N4O/c1-3-22(4-2)18(19)21-13-16-11-8-12-20-17(16)23-14-15-9-6-5-7-10-15/h5-12H,3-4,13-14H2,1-2H3,(H2,19,21). The molecule has 0 fully saturated rings. The Bertz CT molecular complexity index is 624. The third-order valence-corrected chi connectivity index (χ3v) is 3.57. The minimum Gasteiger partial charge on any atom is -0.473 e. The van der Waals surface area contributed by atoms with Gasteiger partial charge in [0.05, 0.1) is 6.54 Å². The molecule has 1 aromatic heterocycles. The zero-order chi connectivity index (χ0) is 16.5. The maximum absolute atomic E-state index is 6.02. The average molecular weight is 312 g/mol. The molecule has 0 aliphatic rings. The summed E-state index contributed by atoms with van der Waals surface area (Å²) >= 11 is 0. The van der Waals surface area contributed by atoms with Gasteiger partial charge >= 0.3 is 0 Å². The molecule has 1 heterocycles. The maximum atomic E-state index is 6.02. The SMILES string of the molecule is CCN(CC)C(N)=NCc1cccnc1OCc1ccccc1. The van der Waals surface area contributed by atoms with E-state index in [0.717, 1.165) is 24.2 Å². The lowest BCUT2D eigenvalue weighted by Crippen LogP contribution is -2.37. The lowest BCUT2D eigenvalue weighted by atomic mass is 10.2. The number of pyridine rings is 1. The van der Waals surface area contributed by atoms with Crippen LogP contribution in [0.5, 0.6) is 5.88 Å². The molecular weight excluding hydrogens is 288 g/mol. The molecule has 2 aromatic rings. The summed E-state index contributed by atoms with van der Waals surface area (Å²) in [5, 5.41) is 0. The van der Waals surface area contributed by atoms with E-state index in [4.69, 9.17) is 10.5 Å². The molecule has 0 bridgehead atoms. The van der Waals surface area contributed by atoms with Crippen LogP contribution >= 0.6 is 0 Å². The molecule has 0 atom stereocenters. The van der Waals surface area contributed by atoms with Gasteiger partial charge in [0.15, 0.2) is 5.96 Å². The number of guanidine groups is 1. The normalized spacial score (nSPS) is 11.3. The largest absolute Gasteiger partial charge is 0.473 e. The monoisotopic (exact) mass is 312 g/mol. The third-order valence-electron chi connectivity index (χ3n) is 3.57. The first-order chi connectivity index (χ1) is 11.2. The molecule has 0 saturated heterocycles. The van der Waals surface area contributed by atoms with Gasteiger partial charge in [0.1, 0.15) is 6.61 Å². The predicted octanol–water partition coefficient (Wildman–Crippen LogP) is 2.82. The van der Waals surface area contributed by atoms with Crippen LogP contribution in [0.4, 0.5) is 0 Å². The summed E-state index contributed by atoms with van der Waals surface area (Å²) < 4.78 is 5.83. The van der Waals surface area contributed by atoms with E-state index in [1.54, 1.807) is 6.20 Å². The van der Waals surface area contributed by atoms with Gasteiger partial charge in [-0.1, -0.05) is 36.4 Å². The van der Waals surface area contributed by atoms with Crippen LogP contribution in [0.2, 0.25) is 0 Å². The van der Waals surface area contributed by atoms with Gasteiger partial charge in [0.25, 0.3) is 0 Å². The number of benzene rings is 1. The molecule has 0 amide bonds. The van der Waals surface area contributed by atoms with E-state index in [0.29, 0.717) is 25.0 Å². The molecule has 122 valence electrons. The van der Waals surface area contributed by atoms with E-state index in [9.17, 15) is 0 Å². The lowest BCUT2D eigenvalue weighted by molar-refractivity contribution is 0.290. The van der Waals surface area contributed by atoms with Crippen molar-refractivity contribution in [3.63, 3.8) is 0 Å². The molecule has 0 aliphatic heterocycles. The minimum atomic E-state index is 0.459. The maximum Gasteiger partial charge on any atom is 0.218 e. The summed E-state index contributed by atoms with van der Waals surface area (Å²) in [6.07, 6.45) is 1.72. The molecule has 2 rings (SSSR count). The number of nitrogens with two attached hydrogens (primary N) is 1. The van der Waals surface area contributed by atoms with Crippen LogP contribution in [0.3, 0.4) is 0 Å². The second-order valence-corrected chi connectivity index (χ2v) is 5.09. The number of ether oxygens (including phenoxy) is 1. The topological polar surface area (TPSA) is 63.7 Å². The number of aliphatic imine (C=N–C) groups is 1. The highest BCUT2D eigenvalue weighted by Crippen LogP contribution is 2.17. The number of nitrogens with zero attached hydrogens (tertiary/aromatic N) is 3. The van der Waals surface area contributed by atoms with Gasteiger partial charge in [0, 0.05) is 24.8 Å². The molecular formula is C18H24N4O. The summed E-state index contributed by atoms with van der Waals surface area (Å²) in [7, 11) is 0. The van der Waals surface area contributed by atoms with Gasteiger partial charge in [-0.2, -0.15) is 0 Å². The van der Waals surface area contributed by atoms with Gasteiger partial charge in [-0.15, -0.1) is 0 Å². The summed E-state index contributed by atoms with van der Waals surface area (Å²) in [4.78, 5) is 10.8. The van der Waals surface area contributed by atoms with Crippen molar-refractivity contribution in [3.05, 3.63) is 59.8 Å². The highest BCUT2D eigenvalue weighted by Gasteiger charge is 2.07. The van der Waals surface area contributed by atoms with Crippen molar-refractivity contribution in [1.82, 2.24) is 9.88 Å². The molecule has 1 aromatic carbocycles. The Morgan fingerprint density at radius 2 is 1.87 bits per heavy atom. The van der Waals surface area contributed by atoms with E-state index in [1.807, 2.05) is 47.4 Å². The van der Waals surface area contributed by atoms with E-state index < -0.39 is 0 Å². The summed E-state index contributed by atoms with van der Waals surface area (Å²) in [6, 6.07) is 13.9. The van der Waals surface area contributed by atoms with Gasteiger partial charge < -0.3 is 15.4 Å². The number of hydrogen-bond donors (Lipinski definition) is 1. The van der Waals surface area contributed by atoms with Crippen LogP contribution in [-0.4, -0.2) is 28.9 Å². The molecule has 23 heavy (non-hydrogen) atoms. The van der Waals surface area contributed by atoms with Crippen LogP contribution in [0, 0.1) is 0 Å². The molecule has 0 radical (unpaired) electrons. The summed E-state index contributed by atoms with van der Waals surface area (Å²) in [5.41, 5.74) is 8.05. The number of hydrogen-bond acceptors (Lipinski definition) is 3. The Labute approximate surface area is 137 Å². The van der Waals surface area contributed by atoms with Crippen LogP contribution in [0.1, 0.15) is 25.0 Å². The Hall–Kier alpha value is -2.56. The molecule has 5 nitrogen and oxygen atoms in total. The van der Waals surface area contributed by atoms with Crippen LogP contribution in [-0.2, 0) is 13.2 Å². The molecule has 0 spiro atoms. The fourth-order valence-electron chi connectivity index (χ4n) is 2.21. The van der Waals surface area contributed by atoms with Crippen molar-refractivity contribution < 1.29 is 4.74 Å². The third kappa shape index (κ3) is 4.98. The van der Waals surface area contributed by atoms with E-state index in [-0.39, 0.29) is 0 Å². The quantitative estimate of drug-likeness (QED) is 0.631. The van der Waals surface area contributed by atoms with Gasteiger partial charge in [-0.25, -0.2) is 9.98 Å². The van der Waals surface area contributed by atoms with E-state index >= 15 is 0 Å². The zero-order valence-corrected chi connectivity index (χ0v) is 13.8. The molecule has 0 aliphatic carbocycles. The highest BCUT2D eigenvalue weighted by atomic mass is 16.5. The Morgan fingerprint density at radius 1 is 1.13 bits per heavy atom. The summed E-state index contributed by atoms with van der Waals surface area (Å²) in [5.74, 6) is 1.15. The van der Waals surface area contributed by atoms with Crippen LogP contribution in [0.15, 0.2) is 53.7 Å². The Balaban J connectivity index is 2.04.